The first kappa shape index (κ1) is 21.4. The molecule has 1 aliphatic carbocycles. The van der Waals surface area contributed by atoms with Gasteiger partial charge in [0.2, 0.25) is 5.91 Å². The first-order valence-corrected chi connectivity index (χ1v) is 10.1. The highest BCUT2D eigenvalue weighted by Crippen LogP contribution is 2.18. The number of para-hydroxylation sites is 1. The van der Waals surface area contributed by atoms with Crippen LogP contribution in [0.2, 0.25) is 0 Å². The van der Waals surface area contributed by atoms with Crippen LogP contribution in [0.4, 0.5) is 10.5 Å². The van der Waals surface area contributed by atoms with E-state index >= 15 is 0 Å². The molecule has 1 heterocycles. The summed E-state index contributed by atoms with van der Waals surface area (Å²) in [6.07, 6.45) is 5.28. The number of ether oxygens (including phenoxy) is 1. The van der Waals surface area contributed by atoms with Gasteiger partial charge in [0.1, 0.15) is 5.70 Å². The third-order valence-electron chi connectivity index (χ3n) is 5.03. The van der Waals surface area contributed by atoms with Gasteiger partial charge in [-0.2, -0.15) is 0 Å². The minimum Gasteiger partial charge on any atom is -0.448 e. The number of nitrogens with zero attached hydrogens (tertiary/aromatic N) is 1. The number of nitrogens with one attached hydrogen (secondary N) is 3. The van der Waals surface area contributed by atoms with Gasteiger partial charge in [-0.1, -0.05) is 37.5 Å². The first-order chi connectivity index (χ1) is 14.4. The molecule has 30 heavy (non-hydrogen) atoms. The molecule has 0 saturated heterocycles. The second-order valence-corrected chi connectivity index (χ2v) is 7.34. The van der Waals surface area contributed by atoms with E-state index in [1.54, 1.807) is 24.3 Å². The molecule has 3 N–H and O–H groups in total. The van der Waals surface area contributed by atoms with Crippen LogP contribution in [0, 0.1) is 0 Å². The average molecular weight is 414 g/mol. The predicted molar refractivity (Wildman–Crippen MR) is 109 cm³/mol. The first-order valence-electron chi connectivity index (χ1n) is 10.1. The fourth-order valence-corrected chi connectivity index (χ4v) is 3.38. The second kappa shape index (κ2) is 9.91. The Labute approximate surface area is 174 Å². The van der Waals surface area contributed by atoms with Crippen molar-refractivity contribution in [2.24, 2.45) is 0 Å². The summed E-state index contributed by atoms with van der Waals surface area (Å²) in [5, 5.41) is 6.23. The number of amides is 4. The van der Waals surface area contributed by atoms with Crippen molar-refractivity contribution in [1.82, 2.24) is 16.1 Å². The van der Waals surface area contributed by atoms with Gasteiger partial charge in [0.05, 0.1) is 5.69 Å². The molecular weight excluding hydrogens is 388 g/mol. The van der Waals surface area contributed by atoms with E-state index in [0.29, 0.717) is 5.69 Å². The summed E-state index contributed by atoms with van der Waals surface area (Å²) >= 11 is 0. The van der Waals surface area contributed by atoms with Crippen LogP contribution in [0.1, 0.15) is 45.4 Å². The molecule has 160 valence electrons. The molecule has 1 atom stereocenters. The van der Waals surface area contributed by atoms with Crippen LogP contribution < -0.4 is 21.1 Å². The molecule has 0 aromatic heterocycles. The van der Waals surface area contributed by atoms with Crippen LogP contribution >= 0.6 is 0 Å². The lowest BCUT2D eigenvalue weighted by molar-refractivity contribution is -0.151. The maximum atomic E-state index is 12.4. The molecule has 0 unspecified atom stereocenters. The van der Waals surface area contributed by atoms with Gasteiger partial charge in [-0.05, 0) is 38.0 Å². The minimum absolute atomic E-state index is 0.0106. The normalized spacial score (nSPS) is 18.0. The molecule has 9 heteroatoms. The van der Waals surface area contributed by atoms with E-state index in [-0.39, 0.29) is 24.1 Å². The Morgan fingerprint density at radius 2 is 1.83 bits per heavy atom. The Morgan fingerprint density at radius 3 is 2.53 bits per heavy atom. The van der Waals surface area contributed by atoms with Crippen molar-refractivity contribution in [1.29, 1.82) is 0 Å². The Bertz CT molecular complexity index is 833. The predicted octanol–water partition coefficient (Wildman–Crippen LogP) is 1.90. The highest BCUT2D eigenvalue weighted by molar-refractivity contribution is 6.01. The third-order valence-corrected chi connectivity index (χ3v) is 5.03. The summed E-state index contributed by atoms with van der Waals surface area (Å²) in [5.74, 6) is -1.74. The third kappa shape index (κ3) is 5.59. The van der Waals surface area contributed by atoms with Crippen molar-refractivity contribution in [3.05, 3.63) is 42.1 Å². The van der Waals surface area contributed by atoms with Gasteiger partial charge < -0.3 is 10.1 Å². The largest absolute Gasteiger partial charge is 0.448 e. The van der Waals surface area contributed by atoms with Gasteiger partial charge in [-0.25, -0.2) is 14.6 Å². The zero-order valence-electron chi connectivity index (χ0n) is 16.8. The molecule has 0 radical (unpaired) electrons. The molecule has 9 nitrogen and oxygen atoms in total. The lowest BCUT2D eigenvalue weighted by atomic mass is 9.96. The second-order valence-electron chi connectivity index (χ2n) is 7.34. The van der Waals surface area contributed by atoms with E-state index in [0.717, 1.165) is 32.1 Å². The number of benzene rings is 1. The fourth-order valence-electron chi connectivity index (χ4n) is 3.38. The maximum absolute atomic E-state index is 12.4. The zero-order chi connectivity index (χ0) is 21.5. The topological polar surface area (TPSA) is 117 Å². The van der Waals surface area contributed by atoms with Crippen molar-refractivity contribution < 1.29 is 23.9 Å². The monoisotopic (exact) mass is 414 g/mol. The SMILES string of the molecule is C[C@@H](OC(=O)C1=CCC(=O)N(c2ccccc2)N1)C(=O)NC(=O)NC1CCCCC1. The van der Waals surface area contributed by atoms with Crippen molar-refractivity contribution >= 4 is 29.5 Å². The molecular formula is C21H26N4O5. The number of esters is 1. The lowest BCUT2D eigenvalue weighted by Crippen LogP contribution is -2.49. The summed E-state index contributed by atoms with van der Waals surface area (Å²) < 4.78 is 5.16. The number of anilines is 1. The number of urea groups is 1. The molecule has 0 bridgehead atoms. The van der Waals surface area contributed by atoms with Gasteiger partial charge in [-0.15, -0.1) is 0 Å². The van der Waals surface area contributed by atoms with Crippen LogP contribution in [0.25, 0.3) is 0 Å². The summed E-state index contributed by atoms with van der Waals surface area (Å²) in [6, 6.07) is 8.26. The van der Waals surface area contributed by atoms with Gasteiger partial charge in [-0.3, -0.25) is 20.3 Å². The fraction of sp³-hybridized carbons (Fsp3) is 0.429. The van der Waals surface area contributed by atoms with Gasteiger partial charge in [0.25, 0.3) is 5.91 Å². The smallest absolute Gasteiger partial charge is 0.356 e. The van der Waals surface area contributed by atoms with Crippen molar-refractivity contribution in [2.45, 2.75) is 57.6 Å². The standard InChI is InChI=1S/C21H26N4O5/c1-14(19(27)23-21(29)22-15-8-4-2-5-9-15)30-20(28)17-12-13-18(26)25(24-17)16-10-6-3-7-11-16/h3,6-7,10-12,14-15,24H,2,4-5,8-9,13H2,1H3,(H2,22,23,27,29)/t14-/m1/s1. The number of carbonyl (C=O) groups excluding carboxylic acids is 4. The molecule has 1 aliphatic heterocycles. The molecule has 1 saturated carbocycles. The number of rotatable bonds is 5. The van der Waals surface area contributed by atoms with E-state index in [1.165, 1.54) is 18.0 Å². The van der Waals surface area contributed by atoms with Crippen LogP contribution in [0.5, 0.6) is 0 Å². The summed E-state index contributed by atoms with van der Waals surface area (Å²) in [6.45, 7) is 1.38. The molecule has 4 amide bonds. The van der Waals surface area contributed by atoms with E-state index in [9.17, 15) is 19.2 Å². The Balaban J connectivity index is 1.51. The Hall–Kier alpha value is -3.36. The van der Waals surface area contributed by atoms with Crippen LogP contribution in [-0.2, 0) is 19.1 Å². The van der Waals surface area contributed by atoms with Gasteiger partial charge in [0.15, 0.2) is 6.10 Å². The number of hydrazine groups is 1. The molecule has 3 rings (SSSR count). The summed E-state index contributed by atoms with van der Waals surface area (Å²) in [7, 11) is 0. The van der Waals surface area contributed by atoms with Crippen molar-refractivity contribution in [3.8, 4) is 0 Å². The van der Waals surface area contributed by atoms with Gasteiger partial charge >= 0.3 is 12.0 Å². The van der Waals surface area contributed by atoms with E-state index in [4.69, 9.17) is 4.74 Å². The van der Waals surface area contributed by atoms with Gasteiger partial charge in [0, 0.05) is 12.5 Å². The maximum Gasteiger partial charge on any atom is 0.356 e. The highest BCUT2D eigenvalue weighted by atomic mass is 16.5. The number of imide groups is 1. The van der Waals surface area contributed by atoms with Crippen LogP contribution in [-0.4, -0.2) is 36.0 Å². The molecule has 0 spiro atoms. The Morgan fingerprint density at radius 1 is 1.13 bits per heavy atom. The summed E-state index contributed by atoms with van der Waals surface area (Å²) in [4.78, 5) is 48.8. The number of carbonyl (C=O) groups is 4. The van der Waals surface area contributed by atoms with E-state index < -0.39 is 24.0 Å². The molecule has 1 fully saturated rings. The quantitative estimate of drug-likeness (QED) is 0.634. The van der Waals surface area contributed by atoms with E-state index in [1.807, 2.05) is 6.07 Å². The van der Waals surface area contributed by atoms with Crippen LogP contribution in [0.15, 0.2) is 42.1 Å². The minimum atomic E-state index is -1.18. The molecule has 1 aromatic rings. The number of hydrogen-bond donors (Lipinski definition) is 3. The zero-order valence-corrected chi connectivity index (χ0v) is 16.8. The van der Waals surface area contributed by atoms with Crippen LogP contribution in [0.3, 0.4) is 0 Å². The summed E-state index contributed by atoms with van der Waals surface area (Å²) in [5.41, 5.74) is 3.34. The lowest BCUT2D eigenvalue weighted by Gasteiger charge is -2.28. The van der Waals surface area contributed by atoms with Crippen molar-refractivity contribution in [3.63, 3.8) is 0 Å². The van der Waals surface area contributed by atoms with E-state index in [2.05, 4.69) is 16.1 Å². The Kier molecular flexibility index (Phi) is 7.05. The molecule has 1 aromatic carbocycles. The van der Waals surface area contributed by atoms with Crippen molar-refractivity contribution in [2.75, 3.05) is 5.01 Å². The average Bonchev–Trinajstić information content (AvgIpc) is 2.75. The molecule has 2 aliphatic rings. The highest BCUT2D eigenvalue weighted by Gasteiger charge is 2.28. The number of hydrogen-bond acceptors (Lipinski definition) is 6.